The fourth-order valence-corrected chi connectivity index (χ4v) is 3.66. The van der Waals surface area contributed by atoms with Crippen LogP contribution in [0.4, 0.5) is 5.69 Å². The van der Waals surface area contributed by atoms with E-state index in [-0.39, 0.29) is 4.75 Å². The molecule has 2 N–H and O–H groups in total. The van der Waals surface area contributed by atoms with Crippen molar-refractivity contribution in [3.63, 3.8) is 0 Å². The number of guanidine groups is 1. The van der Waals surface area contributed by atoms with Gasteiger partial charge in [0, 0.05) is 56.4 Å². The summed E-state index contributed by atoms with van der Waals surface area (Å²) < 4.78 is 16.5. The molecule has 0 aromatic heterocycles. The molecule has 1 aliphatic rings. The summed E-state index contributed by atoms with van der Waals surface area (Å²) in [4.78, 5) is 4.85. The fourth-order valence-electron chi connectivity index (χ4n) is 2.89. The molecule has 0 bridgehead atoms. The third-order valence-corrected chi connectivity index (χ3v) is 5.97. The standard InChI is InChI=1S/C20H33N3O3S/c1-4-21-19(22-16-20(27-3)9-13-25-14-10-20)23-17-7-5-8-18(15-17)26-12-6-11-24-2/h5,7-8,15H,4,6,9-14,16H2,1-3H3,(H2,21,22,23). The molecule has 0 spiro atoms. The predicted molar refractivity (Wildman–Crippen MR) is 114 cm³/mol. The van der Waals surface area contributed by atoms with Gasteiger partial charge in [-0.15, -0.1) is 0 Å². The number of aliphatic imine (C=N–C) groups is 1. The lowest BCUT2D eigenvalue weighted by Gasteiger charge is -2.34. The normalized spacial score (nSPS) is 16.8. The molecule has 0 atom stereocenters. The minimum absolute atomic E-state index is 0.174. The molecule has 0 aliphatic carbocycles. The Kier molecular flexibility index (Phi) is 9.80. The fraction of sp³-hybridized carbons (Fsp3) is 0.650. The zero-order valence-corrected chi connectivity index (χ0v) is 17.6. The Balaban J connectivity index is 1.98. The highest BCUT2D eigenvalue weighted by atomic mass is 32.2. The summed E-state index contributed by atoms with van der Waals surface area (Å²) in [6.07, 6.45) is 5.13. The Bertz CT molecular complexity index is 577. The van der Waals surface area contributed by atoms with Crippen molar-refractivity contribution in [2.45, 2.75) is 30.9 Å². The summed E-state index contributed by atoms with van der Waals surface area (Å²) in [5.41, 5.74) is 0.962. The number of thioether (sulfide) groups is 1. The molecular weight excluding hydrogens is 362 g/mol. The van der Waals surface area contributed by atoms with E-state index in [1.54, 1.807) is 7.11 Å². The first-order valence-electron chi connectivity index (χ1n) is 9.61. The summed E-state index contributed by atoms with van der Waals surface area (Å²) in [7, 11) is 1.70. The topological polar surface area (TPSA) is 64.1 Å². The Morgan fingerprint density at radius 2 is 2.11 bits per heavy atom. The highest BCUT2D eigenvalue weighted by Gasteiger charge is 2.31. The average Bonchev–Trinajstić information content (AvgIpc) is 2.71. The van der Waals surface area contributed by atoms with Gasteiger partial charge in [-0.2, -0.15) is 11.8 Å². The highest BCUT2D eigenvalue weighted by Crippen LogP contribution is 2.34. The average molecular weight is 396 g/mol. The molecule has 6 nitrogen and oxygen atoms in total. The van der Waals surface area contributed by atoms with E-state index in [9.17, 15) is 0 Å². The van der Waals surface area contributed by atoms with Crippen LogP contribution in [-0.4, -0.2) is 63.6 Å². The van der Waals surface area contributed by atoms with Gasteiger partial charge < -0.3 is 24.8 Å². The van der Waals surface area contributed by atoms with Crippen LogP contribution in [0.25, 0.3) is 0 Å². The lowest BCUT2D eigenvalue weighted by atomic mass is 9.99. The van der Waals surface area contributed by atoms with E-state index in [1.165, 1.54) is 0 Å². The van der Waals surface area contributed by atoms with Crippen LogP contribution < -0.4 is 15.4 Å². The summed E-state index contributed by atoms with van der Waals surface area (Å²) in [6.45, 7) is 6.66. The Morgan fingerprint density at radius 3 is 2.81 bits per heavy atom. The number of hydrogen-bond acceptors (Lipinski definition) is 5. The zero-order valence-electron chi connectivity index (χ0n) is 16.8. The third-order valence-electron chi connectivity index (χ3n) is 4.56. The zero-order chi connectivity index (χ0) is 19.4. The van der Waals surface area contributed by atoms with Crippen molar-refractivity contribution >= 4 is 23.4 Å². The van der Waals surface area contributed by atoms with E-state index in [1.807, 2.05) is 36.0 Å². The molecule has 1 aromatic carbocycles. The molecule has 0 saturated carbocycles. The van der Waals surface area contributed by atoms with E-state index in [0.717, 1.165) is 63.0 Å². The van der Waals surface area contributed by atoms with E-state index in [4.69, 9.17) is 19.2 Å². The largest absolute Gasteiger partial charge is 0.493 e. The molecule has 152 valence electrons. The smallest absolute Gasteiger partial charge is 0.195 e. The maximum Gasteiger partial charge on any atom is 0.195 e. The van der Waals surface area contributed by atoms with Crippen molar-refractivity contribution < 1.29 is 14.2 Å². The maximum absolute atomic E-state index is 5.78. The Morgan fingerprint density at radius 1 is 1.30 bits per heavy atom. The van der Waals surface area contributed by atoms with Crippen molar-refractivity contribution in [1.82, 2.24) is 5.32 Å². The van der Waals surface area contributed by atoms with Crippen molar-refractivity contribution in [3.05, 3.63) is 24.3 Å². The van der Waals surface area contributed by atoms with E-state index in [0.29, 0.717) is 13.2 Å². The van der Waals surface area contributed by atoms with E-state index in [2.05, 4.69) is 23.8 Å². The van der Waals surface area contributed by atoms with Gasteiger partial charge in [0.2, 0.25) is 0 Å². The van der Waals surface area contributed by atoms with Crippen LogP contribution in [0.3, 0.4) is 0 Å². The summed E-state index contributed by atoms with van der Waals surface area (Å²) in [5.74, 6) is 1.64. The molecule has 1 saturated heterocycles. The number of hydrogen-bond donors (Lipinski definition) is 2. The lowest BCUT2D eigenvalue weighted by molar-refractivity contribution is 0.0794. The molecule has 1 fully saturated rings. The number of nitrogens with one attached hydrogen (secondary N) is 2. The monoisotopic (exact) mass is 395 g/mol. The van der Waals surface area contributed by atoms with Gasteiger partial charge in [0.1, 0.15) is 5.75 Å². The first-order chi connectivity index (χ1) is 13.2. The first kappa shape index (κ1) is 21.9. The van der Waals surface area contributed by atoms with Crippen molar-refractivity contribution in [2.75, 3.05) is 58.2 Å². The van der Waals surface area contributed by atoms with Gasteiger partial charge in [-0.05, 0) is 38.2 Å². The van der Waals surface area contributed by atoms with Gasteiger partial charge in [-0.1, -0.05) is 6.07 Å². The molecule has 0 unspecified atom stereocenters. The number of anilines is 1. The number of ether oxygens (including phenoxy) is 3. The van der Waals surface area contributed by atoms with Crippen LogP contribution in [0, 0.1) is 0 Å². The van der Waals surface area contributed by atoms with Crippen LogP contribution in [0.5, 0.6) is 5.75 Å². The van der Waals surface area contributed by atoms with Gasteiger partial charge in [0.05, 0.1) is 13.2 Å². The Hall–Kier alpha value is -1.44. The molecule has 0 radical (unpaired) electrons. The van der Waals surface area contributed by atoms with E-state index < -0.39 is 0 Å². The molecule has 1 aromatic rings. The third kappa shape index (κ3) is 7.60. The van der Waals surface area contributed by atoms with Gasteiger partial charge in [0.25, 0.3) is 0 Å². The molecule has 1 aliphatic heterocycles. The second-order valence-electron chi connectivity index (χ2n) is 6.54. The van der Waals surface area contributed by atoms with Gasteiger partial charge >= 0.3 is 0 Å². The van der Waals surface area contributed by atoms with Crippen molar-refractivity contribution in [2.24, 2.45) is 4.99 Å². The number of benzene rings is 1. The molecule has 7 heteroatoms. The first-order valence-corrected chi connectivity index (χ1v) is 10.8. The van der Waals surface area contributed by atoms with Crippen LogP contribution in [0.15, 0.2) is 29.3 Å². The van der Waals surface area contributed by atoms with Crippen molar-refractivity contribution in [1.29, 1.82) is 0 Å². The molecule has 0 amide bonds. The summed E-state index contributed by atoms with van der Waals surface area (Å²) >= 11 is 1.90. The second-order valence-corrected chi connectivity index (χ2v) is 7.82. The number of methoxy groups -OCH3 is 1. The van der Waals surface area contributed by atoms with Gasteiger partial charge in [-0.3, -0.25) is 4.99 Å². The van der Waals surface area contributed by atoms with Gasteiger partial charge in [0.15, 0.2) is 5.96 Å². The van der Waals surface area contributed by atoms with Crippen LogP contribution in [0.1, 0.15) is 26.2 Å². The molecule has 1 heterocycles. The Labute approximate surface area is 167 Å². The highest BCUT2D eigenvalue weighted by molar-refractivity contribution is 8.00. The SMILES string of the molecule is CCNC(=NCC1(SC)CCOCC1)Nc1cccc(OCCCOC)c1. The van der Waals surface area contributed by atoms with Crippen LogP contribution in [0.2, 0.25) is 0 Å². The van der Waals surface area contributed by atoms with Crippen LogP contribution >= 0.6 is 11.8 Å². The minimum Gasteiger partial charge on any atom is -0.493 e. The van der Waals surface area contributed by atoms with E-state index >= 15 is 0 Å². The molecule has 2 rings (SSSR count). The summed E-state index contributed by atoms with van der Waals surface area (Å²) in [6, 6.07) is 7.97. The van der Waals surface area contributed by atoms with Crippen molar-refractivity contribution in [3.8, 4) is 5.75 Å². The summed E-state index contributed by atoms with van der Waals surface area (Å²) in [5, 5.41) is 6.73. The number of rotatable bonds is 10. The number of nitrogens with zero attached hydrogens (tertiary/aromatic N) is 1. The molecule has 27 heavy (non-hydrogen) atoms. The molecular formula is C20H33N3O3S. The maximum atomic E-state index is 5.78. The predicted octanol–water partition coefficient (Wildman–Crippen LogP) is 3.39. The minimum atomic E-state index is 0.174. The quantitative estimate of drug-likeness (QED) is 0.360. The van der Waals surface area contributed by atoms with Gasteiger partial charge in [-0.25, -0.2) is 0 Å². The lowest BCUT2D eigenvalue weighted by Crippen LogP contribution is -2.38. The van der Waals surface area contributed by atoms with Crippen LogP contribution in [-0.2, 0) is 9.47 Å². The second kappa shape index (κ2) is 12.1.